The number of aryl methyl sites for hydroxylation is 1. The van der Waals surface area contributed by atoms with Crippen molar-refractivity contribution in [3.05, 3.63) is 41.3 Å². The maximum Gasteiger partial charge on any atom is 0.248 e. The van der Waals surface area contributed by atoms with Crippen LogP contribution in [-0.4, -0.2) is 73.8 Å². The summed E-state index contributed by atoms with van der Waals surface area (Å²) in [5.41, 5.74) is 9.52. The monoisotopic (exact) mass is 553 g/mol. The maximum atomic E-state index is 12.9. The Kier molecular flexibility index (Phi) is 5.96. The molecule has 0 unspecified atom stereocenters. The van der Waals surface area contributed by atoms with Crippen molar-refractivity contribution in [2.75, 3.05) is 18.6 Å². The number of thiazole rings is 1. The zero-order valence-electron chi connectivity index (χ0n) is 20.9. The Morgan fingerprint density at radius 1 is 1.16 bits per heavy atom. The lowest BCUT2D eigenvalue weighted by Crippen LogP contribution is -2.47. The number of pyridine rings is 1. The van der Waals surface area contributed by atoms with Crippen molar-refractivity contribution >= 4 is 38.5 Å². The van der Waals surface area contributed by atoms with E-state index in [4.69, 9.17) is 10.7 Å². The lowest BCUT2D eigenvalue weighted by molar-refractivity contribution is -0.138. The minimum absolute atomic E-state index is 0.0152. The molecule has 13 heteroatoms. The normalized spacial score (nSPS) is 21.3. The molecule has 38 heavy (non-hydrogen) atoms. The van der Waals surface area contributed by atoms with Gasteiger partial charge in [0.05, 0.1) is 17.6 Å². The molecular weight excluding hydrogens is 526 g/mol. The molecule has 1 amide bonds. The molecule has 0 radical (unpaired) electrons. The molecule has 198 valence electrons. The molecular formula is C25H27N7O4S2. The van der Waals surface area contributed by atoms with E-state index in [1.54, 1.807) is 28.6 Å². The van der Waals surface area contributed by atoms with Gasteiger partial charge in [-0.05, 0) is 38.7 Å². The Hall–Kier alpha value is -3.42. The van der Waals surface area contributed by atoms with Crippen molar-refractivity contribution in [1.82, 2.24) is 29.5 Å². The van der Waals surface area contributed by atoms with Gasteiger partial charge in [-0.15, -0.1) is 11.3 Å². The number of nitrogens with zero attached hydrogens (tertiary/aromatic N) is 6. The lowest BCUT2D eigenvalue weighted by Gasteiger charge is -2.39. The van der Waals surface area contributed by atoms with Crippen LogP contribution in [0.25, 0.3) is 27.5 Å². The van der Waals surface area contributed by atoms with Crippen molar-refractivity contribution in [3.8, 4) is 21.8 Å². The number of rotatable bonds is 5. The summed E-state index contributed by atoms with van der Waals surface area (Å²) >= 11 is 1.56. The second-order valence-electron chi connectivity index (χ2n) is 10.00. The van der Waals surface area contributed by atoms with Gasteiger partial charge >= 0.3 is 0 Å². The first-order chi connectivity index (χ1) is 18.2. The van der Waals surface area contributed by atoms with E-state index in [1.807, 2.05) is 25.3 Å². The SMILES string of the molecule is Cc1cnc(-c2ccc(-c3cnn4c(N)c(S(C)(=O)=O)c([C@@H]5C[C@H]6CC[C@@H](C5)N6C(=O)CO)nc34)cn2)s1. The number of anilines is 1. The Labute approximate surface area is 223 Å². The minimum atomic E-state index is -3.73. The van der Waals surface area contributed by atoms with Crippen LogP contribution in [0.4, 0.5) is 5.82 Å². The zero-order valence-corrected chi connectivity index (χ0v) is 22.5. The third kappa shape index (κ3) is 4.05. The molecule has 4 aromatic rings. The topological polar surface area (TPSA) is 157 Å². The number of nitrogens with two attached hydrogens (primary N) is 1. The molecule has 6 rings (SSSR count). The van der Waals surface area contributed by atoms with Crippen molar-refractivity contribution in [1.29, 1.82) is 0 Å². The standard InChI is InChI=1S/C25H27N7O4S2/c1-13-9-28-25(37-13)19-6-3-14(10-27-19)18-11-29-32-23(26)22(38(2,35)36)21(30-24(18)32)15-7-16-4-5-17(8-15)31(16)20(34)12-33/h3,6,9-11,15-17,33H,4-5,7-8,12,26H2,1-2H3/t15-,16-,17+. The van der Waals surface area contributed by atoms with Crippen molar-refractivity contribution in [2.45, 2.75) is 55.5 Å². The summed E-state index contributed by atoms with van der Waals surface area (Å²) in [7, 11) is -3.73. The largest absolute Gasteiger partial charge is 0.387 e. The molecule has 2 fully saturated rings. The average molecular weight is 554 g/mol. The molecule has 0 saturated carbocycles. The van der Waals surface area contributed by atoms with Gasteiger partial charge in [0.1, 0.15) is 22.3 Å². The molecule has 0 spiro atoms. The van der Waals surface area contributed by atoms with E-state index in [1.165, 1.54) is 4.52 Å². The van der Waals surface area contributed by atoms with Crippen LogP contribution >= 0.6 is 11.3 Å². The van der Waals surface area contributed by atoms with Crippen LogP contribution in [0.3, 0.4) is 0 Å². The number of sulfone groups is 1. The van der Waals surface area contributed by atoms with Gasteiger partial charge in [0.2, 0.25) is 5.91 Å². The van der Waals surface area contributed by atoms with Gasteiger partial charge in [-0.1, -0.05) is 6.07 Å². The number of piperidine rings is 1. The second-order valence-corrected chi connectivity index (χ2v) is 13.2. The summed E-state index contributed by atoms with van der Waals surface area (Å²) in [6, 6.07) is 3.66. The van der Waals surface area contributed by atoms with Crippen molar-refractivity contribution < 1.29 is 18.3 Å². The van der Waals surface area contributed by atoms with E-state index in [9.17, 15) is 18.3 Å². The molecule has 2 aliphatic rings. The van der Waals surface area contributed by atoms with Gasteiger partial charge in [0.15, 0.2) is 15.5 Å². The van der Waals surface area contributed by atoms with Crippen molar-refractivity contribution in [3.63, 3.8) is 0 Å². The van der Waals surface area contributed by atoms with Gasteiger partial charge in [-0.3, -0.25) is 9.78 Å². The van der Waals surface area contributed by atoms with E-state index in [0.29, 0.717) is 29.7 Å². The van der Waals surface area contributed by atoms with Crippen LogP contribution in [-0.2, 0) is 14.6 Å². The molecule has 2 aliphatic heterocycles. The fourth-order valence-electron chi connectivity index (χ4n) is 5.92. The second kappa shape index (κ2) is 9.10. The summed E-state index contributed by atoms with van der Waals surface area (Å²) in [4.78, 5) is 29.0. The highest BCUT2D eigenvalue weighted by Gasteiger charge is 2.45. The molecule has 3 atom stereocenters. The Balaban J connectivity index is 1.44. The van der Waals surface area contributed by atoms with Gasteiger partial charge in [0, 0.05) is 52.7 Å². The third-order valence-corrected chi connectivity index (χ3v) is 9.59. The number of hydrogen-bond donors (Lipinski definition) is 2. The Morgan fingerprint density at radius 3 is 2.47 bits per heavy atom. The number of aliphatic hydroxyl groups is 1. The predicted octanol–water partition coefficient (Wildman–Crippen LogP) is 2.44. The van der Waals surface area contributed by atoms with E-state index in [-0.39, 0.29) is 34.6 Å². The number of carbonyl (C=O) groups excluding carboxylic acids is 1. The quantitative estimate of drug-likeness (QED) is 0.379. The highest BCUT2D eigenvalue weighted by atomic mass is 32.2. The van der Waals surface area contributed by atoms with E-state index in [0.717, 1.165) is 40.2 Å². The predicted molar refractivity (Wildman–Crippen MR) is 142 cm³/mol. The summed E-state index contributed by atoms with van der Waals surface area (Å²) in [6.07, 6.45) is 9.02. The van der Waals surface area contributed by atoms with Gasteiger partial charge in [0.25, 0.3) is 0 Å². The van der Waals surface area contributed by atoms with Crippen LogP contribution in [0.15, 0.2) is 35.6 Å². The smallest absolute Gasteiger partial charge is 0.248 e. The summed E-state index contributed by atoms with van der Waals surface area (Å²) < 4.78 is 27.2. The molecule has 0 aromatic carbocycles. The van der Waals surface area contributed by atoms with Crippen LogP contribution in [0.2, 0.25) is 0 Å². The highest BCUT2D eigenvalue weighted by Crippen LogP contribution is 2.45. The number of amides is 1. The molecule has 6 heterocycles. The van der Waals surface area contributed by atoms with Gasteiger partial charge < -0.3 is 15.7 Å². The van der Waals surface area contributed by atoms with Crippen LogP contribution in [0, 0.1) is 6.92 Å². The summed E-state index contributed by atoms with van der Waals surface area (Å²) in [5.74, 6) is -0.476. The molecule has 2 bridgehead atoms. The summed E-state index contributed by atoms with van der Waals surface area (Å²) in [6.45, 7) is 1.46. The average Bonchev–Trinajstić information content (AvgIpc) is 3.58. The number of carbonyl (C=O) groups is 1. The van der Waals surface area contributed by atoms with E-state index >= 15 is 0 Å². The van der Waals surface area contributed by atoms with Crippen LogP contribution in [0.5, 0.6) is 0 Å². The van der Waals surface area contributed by atoms with Crippen LogP contribution in [0.1, 0.15) is 42.2 Å². The van der Waals surface area contributed by atoms with E-state index in [2.05, 4.69) is 15.1 Å². The Bertz CT molecular complexity index is 1650. The fraction of sp³-hybridized carbons (Fsp3) is 0.400. The minimum Gasteiger partial charge on any atom is -0.387 e. The molecule has 2 saturated heterocycles. The molecule has 3 N–H and O–H groups in total. The zero-order chi connectivity index (χ0) is 26.8. The molecule has 11 nitrogen and oxygen atoms in total. The first-order valence-electron chi connectivity index (χ1n) is 12.3. The lowest BCUT2D eigenvalue weighted by atomic mass is 9.87. The first kappa shape index (κ1) is 24.9. The van der Waals surface area contributed by atoms with Crippen molar-refractivity contribution in [2.24, 2.45) is 0 Å². The molecule has 0 aliphatic carbocycles. The number of nitrogen functional groups attached to an aromatic ring is 1. The van der Waals surface area contributed by atoms with Gasteiger partial charge in [-0.25, -0.2) is 18.4 Å². The molecule has 4 aromatic heterocycles. The first-order valence-corrected chi connectivity index (χ1v) is 15.0. The third-order valence-electron chi connectivity index (χ3n) is 7.49. The number of fused-ring (bicyclic) bond motifs is 3. The highest BCUT2D eigenvalue weighted by molar-refractivity contribution is 7.91. The van der Waals surface area contributed by atoms with E-state index < -0.39 is 16.4 Å². The maximum absolute atomic E-state index is 12.9. The fourth-order valence-corrected chi connectivity index (χ4v) is 7.72. The summed E-state index contributed by atoms with van der Waals surface area (Å²) in [5, 5.41) is 14.6. The number of hydrogen-bond acceptors (Lipinski definition) is 10. The van der Waals surface area contributed by atoms with Gasteiger partial charge in [-0.2, -0.15) is 9.61 Å². The van der Waals surface area contributed by atoms with Crippen LogP contribution < -0.4 is 5.73 Å². The Morgan fingerprint density at radius 2 is 1.89 bits per heavy atom. The number of aromatic nitrogens is 5. The number of aliphatic hydroxyl groups excluding tert-OH is 1.